The average molecular weight is 354 g/mol. The molecule has 0 spiro atoms. The summed E-state index contributed by atoms with van der Waals surface area (Å²) in [5.74, 6) is -0.168. The second-order valence-corrected chi connectivity index (χ2v) is 6.28. The third-order valence-corrected chi connectivity index (χ3v) is 3.87. The Morgan fingerprint density at radius 1 is 1.00 bits per heavy atom. The van der Waals surface area contributed by atoms with Crippen LogP contribution in [-0.4, -0.2) is 44.0 Å². The molecule has 0 saturated heterocycles. The first kappa shape index (κ1) is 19.7. The third kappa shape index (κ3) is 6.69. The predicted molar refractivity (Wildman–Crippen MR) is 103 cm³/mol. The molecule has 0 heterocycles. The largest absolute Gasteiger partial charge is 0.381 e. The Morgan fingerprint density at radius 2 is 1.77 bits per heavy atom. The van der Waals surface area contributed by atoms with Gasteiger partial charge in [-0.15, -0.1) is 0 Å². The number of carbonyl (C=O) groups excluding carboxylic acids is 2. The highest BCUT2D eigenvalue weighted by molar-refractivity contribution is 5.96. The number of rotatable bonds is 9. The number of hydrogen-bond acceptors (Lipinski definition) is 3. The van der Waals surface area contributed by atoms with Crippen LogP contribution in [0.2, 0.25) is 0 Å². The van der Waals surface area contributed by atoms with Crippen LogP contribution >= 0.6 is 0 Å². The second-order valence-electron chi connectivity index (χ2n) is 6.28. The maximum Gasteiger partial charge on any atom is 0.253 e. The van der Waals surface area contributed by atoms with Gasteiger partial charge in [-0.1, -0.05) is 36.4 Å². The molecule has 0 unspecified atom stereocenters. The molecule has 0 aliphatic heterocycles. The van der Waals surface area contributed by atoms with Crippen LogP contribution < -0.4 is 5.32 Å². The summed E-state index contributed by atoms with van der Waals surface area (Å²) in [5.41, 5.74) is 2.43. The van der Waals surface area contributed by atoms with Crippen LogP contribution in [0.15, 0.2) is 54.6 Å². The maximum atomic E-state index is 12.0. The number of nitrogens with zero attached hydrogens (tertiary/aromatic N) is 1. The number of benzene rings is 2. The van der Waals surface area contributed by atoms with Crippen molar-refractivity contribution in [2.75, 3.05) is 32.6 Å². The molecule has 0 fully saturated rings. The number of ether oxygens (including phenoxy) is 1. The molecule has 5 nitrogen and oxygen atoms in total. The van der Waals surface area contributed by atoms with E-state index >= 15 is 0 Å². The molecule has 2 rings (SSSR count). The van der Waals surface area contributed by atoms with E-state index in [1.807, 2.05) is 18.2 Å². The smallest absolute Gasteiger partial charge is 0.253 e. The van der Waals surface area contributed by atoms with Gasteiger partial charge in [-0.25, -0.2) is 0 Å². The van der Waals surface area contributed by atoms with Gasteiger partial charge in [0.1, 0.15) is 0 Å². The lowest BCUT2D eigenvalue weighted by Crippen LogP contribution is -2.22. The fourth-order valence-electron chi connectivity index (χ4n) is 2.48. The fourth-order valence-corrected chi connectivity index (χ4v) is 2.48. The minimum Gasteiger partial charge on any atom is -0.381 e. The molecule has 0 bridgehead atoms. The average Bonchev–Trinajstić information content (AvgIpc) is 2.65. The van der Waals surface area contributed by atoms with Crippen LogP contribution in [0.1, 0.15) is 28.8 Å². The van der Waals surface area contributed by atoms with Gasteiger partial charge < -0.3 is 15.0 Å². The van der Waals surface area contributed by atoms with Crippen molar-refractivity contribution in [3.63, 3.8) is 0 Å². The van der Waals surface area contributed by atoms with E-state index in [9.17, 15) is 9.59 Å². The van der Waals surface area contributed by atoms with Crippen LogP contribution in [0, 0.1) is 0 Å². The molecular weight excluding hydrogens is 328 g/mol. The lowest BCUT2D eigenvalue weighted by atomic mass is 10.1. The van der Waals surface area contributed by atoms with Crippen molar-refractivity contribution in [2.24, 2.45) is 0 Å². The van der Waals surface area contributed by atoms with E-state index in [2.05, 4.69) is 17.4 Å². The van der Waals surface area contributed by atoms with Crippen molar-refractivity contribution in [1.29, 1.82) is 0 Å². The Kier molecular flexibility index (Phi) is 7.83. The Hall–Kier alpha value is -2.66. The van der Waals surface area contributed by atoms with Crippen LogP contribution in [0.5, 0.6) is 0 Å². The van der Waals surface area contributed by atoms with E-state index in [1.54, 1.807) is 38.4 Å². The molecular formula is C21H26N2O3. The van der Waals surface area contributed by atoms with Gasteiger partial charge in [0.05, 0.1) is 6.61 Å². The fraction of sp³-hybridized carbons (Fsp3) is 0.333. The second kappa shape index (κ2) is 10.4. The maximum absolute atomic E-state index is 12.0. The number of amides is 2. The first-order valence-electron chi connectivity index (χ1n) is 8.79. The summed E-state index contributed by atoms with van der Waals surface area (Å²) in [6.45, 7) is 1.21. The van der Waals surface area contributed by atoms with E-state index in [-0.39, 0.29) is 11.8 Å². The number of nitrogens with one attached hydrogen (secondary N) is 1. The van der Waals surface area contributed by atoms with E-state index in [0.29, 0.717) is 37.3 Å². The van der Waals surface area contributed by atoms with Crippen molar-refractivity contribution in [1.82, 2.24) is 4.90 Å². The number of anilines is 1. The zero-order chi connectivity index (χ0) is 18.8. The van der Waals surface area contributed by atoms with E-state index < -0.39 is 0 Å². The predicted octanol–water partition coefficient (Wildman–Crippen LogP) is 3.37. The molecule has 0 radical (unpaired) electrons. The van der Waals surface area contributed by atoms with Crippen molar-refractivity contribution < 1.29 is 14.3 Å². The molecule has 1 N–H and O–H groups in total. The van der Waals surface area contributed by atoms with Gasteiger partial charge in [-0.2, -0.15) is 0 Å². The zero-order valence-corrected chi connectivity index (χ0v) is 15.4. The van der Waals surface area contributed by atoms with Gasteiger partial charge >= 0.3 is 0 Å². The SMILES string of the molecule is CN(C)C(=O)c1cccc(NC(=O)CCCOCCc2ccccc2)c1. The quantitative estimate of drug-likeness (QED) is 0.703. The van der Waals surface area contributed by atoms with Crippen LogP contribution in [-0.2, 0) is 16.0 Å². The molecule has 5 heteroatoms. The molecule has 2 aromatic rings. The Bertz CT molecular complexity index is 714. The Morgan fingerprint density at radius 3 is 2.50 bits per heavy atom. The normalized spacial score (nSPS) is 10.4. The van der Waals surface area contributed by atoms with Gasteiger partial charge in [-0.05, 0) is 36.6 Å². The number of hydrogen-bond donors (Lipinski definition) is 1. The van der Waals surface area contributed by atoms with Gasteiger partial charge in [0.15, 0.2) is 0 Å². The molecule has 0 aliphatic rings. The lowest BCUT2D eigenvalue weighted by molar-refractivity contribution is -0.116. The van der Waals surface area contributed by atoms with Crippen LogP contribution in [0.25, 0.3) is 0 Å². The summed E-state index contributed by atoms with van der Waals surface area (Å²) in [6.07, 6.45) is 1.92. The van der Waals surface area contributed by atoms with Gasteiger partial charge in [0.2, 0.25) is 5.91 Å². The summed E-state index contributed by atoms with van der Waals surface area (Å²) < 4.78 is 5.58. The minimum absolute atomic E-state index is 0.0777. The van der Waals surface area contributed by atoms with Gasteiger partial charge in [0.25, 0.3) is 5.91 Å². The highest BCUT2D eigenvalue weighted by Crippen LogP contribution is 2.12. The first-order chi connectivity index (χ1) is 12.6. The lowest BCUT2D eigenvalue weighted by Gasteiger charge is -2.11. The molecule has 0 aliphatic carbocycles. The number of carbonyl (C=O) groups is 2. The topological polar surface area (TPSA) is 58.6 Å². The molecule has 0 aromatic heterocycles. The molecule has 138 valence electrons. The van der Waals surface area contributed by atoms with Crippen molar-refractivity contribution in [3.8, 4) is 0 Å². The monoisotopic (exact) mass is 354 g/mol. The minimum atomic E-state index is -0.0899. The molecule has 26 heavy (non-hydrogen) atoms. The molecule has 0 saturated carbocycles. The van der Waals surface area contributed by atoms with Crippen molar-refractivity contribution in [3.05, 3.63) is 65.7 Å². The molecule has 2 aromatic carbocycles. The van der Waals surface area contributed by atoms with E-state index in [4.69, 9.17) is 4.74 Å². The van der Waals surface area contributed by atoms with E-state index in [0.717, 1.165) is 6.42 Å². The Balaban J connectivity index is 1.66. The van der Waals surface area contributed by atoms with Gasteiger partial charge in [-0.3, -0.25) is 9.59 Å². The summed E-state index contributed by atoms with van der Waals surface area (Å²) in [4.78, 5) is 25.5. The zero-order valence-electron chi connectivity index (χ0n) is 15.4. The summed E-state index contributed by atoms with van der Waals surface area (Å²) in [7, 11) is 3.40. The van der Waals surface area contributed by atoms with Gasteiger partial charge in [0, 0.05) is 38.4 Å². The summed E-state index contributed by atoms with van der Waals surface area (Å²) in [5, 5.41) is 2.83. The van der Waals surface area contributed by atoms with Crippen molar-refractivity contribution >= 4 is 17.5 Å². The van der Waals surface area contributed by atoms with Crippen LogP contribution in [0.4, 0.5) is 5.69 Å². The highest BCUT2D eigenvalue weighted by atomic mass is 16.5. The molecule has 0 atom stereocenters. The summed E-state index contributed by atoms with van der Waals surface area (Å²) in [6, 6.07) is 17.1. The summed E-state index contributed by atoms with van der Waals surface area (Å²) >= 11 is 0. The third-order valence-electron chi connectivity index (χ3n) is 3.87. The highest BCUT2D eigenvalue weighted by Gasteiger charge is 2.09. The Labute approximate surface area is 155 Å². The van der Waals surface area contributed by atoms with E-state index in [1.165, 1.54) is 10.5 Å². The standard InChI is InChI=1S/C21H26N2O3/c1-23(2)21(25)18-10-6-11-19(16-18)22-20(24)12-7-14-26-15-13-17-8-4-3-5-9-17/h3-6,8-11,16H,7,12-15H2,1-2H3,(H,22,24). The molecule has 2 amide bonds. The first-order valence-corrected chi connectivity index (χ1v) is 8.79. The van der Waals surface area contributed by atoms with Crippen molar-refractivity contribution in [2.45, 2.75) is 19.3 Å². The van der Waals surface area contributed by atoms with Crippen LogP contribution in [0.3, 0.4) is 0 Å².